The van der Waals surface area contributed by atoms with E-state index >= 15 is 0 Å². The Morgan fingerprint density at radius 3 is 2.78 bits per heavy atom. The van der Waals surface area contributed by atoms with Gasteiger partial charge in [-0.3, -0.25) is 4.90 Å². The van der Waals surface area contributed by atoms with E-state index in [0.29, 0.717) is 19.1 Å². The number of benzene rings is 1. The number of ether oxygens (including phenoxy) is 2. The molecule has 1 aromatic carbocycles. The average Bonchev–Trinajstić information content (AvgIpc) is 3.03. The van der Waals surface area contributed by atoms with Crippen LogP contribution in [0.5, 0.6) is 11.5 Å². The smallest absolute Gasteiger partial charge is 0.243 e. The van der Waals surface area contributed by atoms with Crippen LogP contribution in [0.1, 0.15) is 43.6 Å². The van der Waals surface area contributed by atoms with Crippen molar-refractivity contribution in [2.75, 3.05) is 20.3 Å². The van der Waals surface area contributed by atoms with Crippen LogP contribution in [-0.2, 0) is 13.0 Å². The largest absolute Gasteiger partial charge is 0.486 e. The highest BCUT2D eigenvalue weighted by atomic mass is 16.6. The molecule has 1 unspecified atom stereocenters. The van der Waals surface area contributed by atoms with Crippen LogP contribution in [-0.4, -0.2) is 35.3 Å². The molecule has 6 nitrogen and oxygen atoms in total. The normalized spacial score (nSPS) is 15.0. The molecule has 3 rings (SSSR count). The van der Waals surface area contributed by atoms with Gasteiger partial charge in [0.1, 0.15) is 13.2 Å². The Balaban J connectivity index is 1.66. The van der Waals surface area contributed by atoms with E-state index in [9.17, 15) is 0 Å². The van der Waals surface area contributed by atoms with Gasteiger partial charge in [-0.05, 0) is 38.1 Å². The highest BCUT2D eigenvalue weighted by molar-refractivity contribution is 5.43. The van der Waals surface area contributed by atoms with Gasteiger partial charge in [-0.25, -0.2) is 0 Å². The Labute approximate surface area is 136 Å². The maximum atomic E-state index is 5.64. The van der Waals surface area contributed by atoms with E-state index in [0.717, 1.165) is 42.3 Å². The molecule has 2 heterocycles. The molecule has 0 aliphatic carbocycles. The van der Waals surface area contributed by atoms with Gasteiger partial charge < -0.3 is 14.0 Å². The molecule has 1 aliphatic rings. The summed E-state index contributed by atoms with van der Waals surface area (Å²) in [5, 5.41) is 4.02. The summed E-state index contributed by atoms with van der Waals surface area (Å²) in [6.07, 6.45) is 1.86. The first kappa shape index (κ1) is 15.8. The summed E-state index contributed by atoms with van der Waals surface area (Å²) in [5.41, 5.74) is 1.16. The van der Waals surface area contributed by atoms with Gasteiger partial charge in [-0.15, -0.1) is 0 Å². The van der Waals surface area contributed by atoms with Gasteiger partial charge in [0.25, 0.3) is 0 Å². The Morgan fingerprint density at radius 1 is 1.22 bits per heavy atom. The Hall–Kier alpha value is -2.08. The van der Waals surface area contributed by atoms with Gasteiger partial charge in [-0.2, -0.15) is 4.98 Å². The van der Waals surface area contributed by atoms with Crippen molar-refractivity contribution in [3.05, 3.63) is 35.5 Å². The number of fused-ring (bicyclic) bond motifs is 1. The maximum Gasteiger partial charge on any atom is 0.243 e. The molecule has 1 aromatic heterocycles. The predicted octanol–water partition coefficient (Wildman–Crippen LogP) is 2.99. The standard InChI is InChI=1S/C17H23N3O3/c1-4-5-16-18-17(23-19-16)12(2)20(3)11-13-6-7-14-15(10-13)22-9-8-21-14/h6-7,10,12H,4-5,8-9,11H2,1-3H3. The molecule has 1 aliphatic heterocycles. The van der Waals surface area contributed by atoms with E-state index in [1.807, 2.05) is 19.2 Å². The Kier molecular flexibility index (Phi) is 4.81. The minimum Gasteiger partial charge on any atom is -0.486 e. The first-order valence-corrected chi connectivity index (χ1v) is 8.08. The number of aromatic nitrogens is 2. The summed E-state index contributed by atoms with van der Waals surface area (Å²) in [5.74, 6) is 3.07. The van der Waals surface area contributed by atoms with Crippen LogP contribution in [0.3, 0.4) is 0 Å². The molecule has 0 bridgehead atoms. The van der Waals surface area contributed by atoms with Gasteiger partial charge in [0.2, 0.25) is 5.89 Å². The molecule has 0 amide bonds. The van der Waals surface area contributed by atoms with Crippen molar-refractivity contribution in [1.29, 1.82) is 0 Å². The van der Waals surface area contributed by atoms with Crippen LogP contribution in [0, 0.1) is 0 Å². The number of nitrogens with zero attached hydrogens (tertiary/aromatic N) is 3. The van der Waals surface area contributed by atoms with Crippen molar-refractivity contribution in [2.24, 2.45) is 0 Å². The topological polar surface area (TPSA) is 60.6 Å². The molecule has 23 heavy (non-hydrogen) atoms. The van der Waals surface area contributed by atoms with E-state index in [-0.39, 0.29) is 6.04 Å². The molecule has 124 valence electrons. The summed E-state index contributed by atoms with van der Waals surface area (Å²) in [6.45, 7) is 6.16. The van der Waals surface area contributed by atoms with Crippen molar-refractivity contribution in [1.82, 2.24) is 15.0 Å². The molecule has 0 fully saturated rings. The molecular formula is C17H23N3O3. The maximum absolute atomic E-state index is 5.64. The lowest BCUT2D eigenvalue weighted by atomic mass is 10.1. The second-order valence-corrected chi connectivity index (χ2v) is 5.87. The third-order valence-electron chi connectivity index (χ3n) is 4.01. The first-order valence-electron chi connectivity index (χ1n) is 8.08. The van der Waals surface area contributed by atoms with Crippen LogP contribution in [0.2, 0.25) is 0 Å². The fraction of sp³-hybridized carbons (Fsp3) is 0.529. The summed E-state index contributed by atoms with van der Waals surface area (Å²) in [4.78, 5) is 6.64. The second-order valence-electron chi connectivity index (χ2n) is 5.87. The lowest BCUT2D eigenvalue weighted by Gasteiger charge is -2.23. The van der Waals surface area contributed by atoms with E-state index < -0.39 is 0 Å². The molecule has 2 aromatic rings. The van der Waals surface area contributed by atoms with Crippen LogP contribution in [0.4, 0.5) is 0 Å². The fourth-order valence-corrected chi connectivity index (χ4v) is 2.56. The van der Waals surface area contributed by atoms with E-state index in [1.165, 1.54) is 0 Å². The number of hydrogen-bond acceptors (Lipinski definition) is 6. The summed E-state index contributed by atoms with van der Waals surface area (Å²) in [7, 11) is 2.05. The van der Waals surface area contributed by atoms with Crippen molar-refractivity contribution < 1.29 is 14.0 Å². The predicted molar refractivity (Wildman–Crippen MR) is 85.6 cm³/mol. The van der Waals surface area contributed by atoms with Crippen LogP contribution >= 0.6 is 0 Å². The molecule has 0 N–H and O–H groups in total. The van der Waals surface area contributed by atoms with E-state index in [2.05, 4.69) is 35.0 Å². The third-order valence-corrected chi connectivity index (χ3v) is 4.01. The van der Waals surface area contributed by atoms with Crippen molar-refractivity contribution in [3.8, 4) is 11.5 Å². The molecule has 0 saturated heterocycles. The molecular weight excluding hydrogens is 294 g/mol. The van der Waals surface area contributed by atoms with E-state index in [4.69, 9.17) is 14.0 Å². The molecule has 1 atom stereocenters. The fourth-order valence-electron chi connectivity index (χ4n) is 2.56. The summed E-state index contributed by atoms with van der Waals surface area (Å²) >= 11 is 0. The van der Waals surface area contributed by atoms with Gasteiger partial charge in [0.15, 0.2) is 17.3 Å². The van der Waals surface area contributed by atoms with Gasteiger partial charge in [0, 0.05) is 13.0 Å². The number of aryl methyl sites for hydroxylation is 1. The monoisotopic (exact) mass is 317 g/mol. The quantitative estimate of drug-likeness (QED) is 0.816. The van der Waals surface area contributed by atoms with Crippen molar-refractivity contribution in [2.45, 2.75) is 39.3 Å². The zero-order valence-corrected chi connectivity index (χ0v) is 13.9. The van der Waals surface area contributed by atoms with Crippen LogP contribution < -0.4 is 9.47 Å². The molecule has 0 saturated carbocycles. The zero-order valence-electron chi connectivity index (χ0n) is 13.9. The minimum atomic E-state index is 0.0568. The van der Waals surface area contributed by atoms with Gasteiger partial charge in [-0.1, -0.05) is 18.1 Å². The van der Waals surface area contributed by atoms with Crippen LogP contribution in [0.15, 0.2) is 22.7 Å². The van der Waals surface area contributed by atoms with Crippen LogP contribution in [0.25, 0.3) is 0 Å². The van der Waals surface area contributed by atoms with Gasteiger partial charge >= 0.3 is 0 Å². The SMILES string of the molecule is CCCc1noc(C(C)N(C)Cc2ccc3c(c2)OCCO3)n1. The highest BCUT2D eigenvalue weighted by Gasteiger charge is 2.20. The molecule has 0 spiro atoms. The lowest BCUT2D eigenvalue weighted by molar-refractivity contribution is 0.170. The lowest BCUT2D eigenvalue weighted by Crippen LogP contribution is -2.22. The summed E-state index contributed by atoms with van der Waals surface area (Å²) < 4.78 is 16.6. The van der Waals surface area contributed by atoms with Gasteiger partial charge in [0.05, 0.1) is 6.04 Å². The highest BCUT2D eigenvalue weighted by Crippen LogP contribution is 2.31. The average molecular weight is 317 g/mol. The molecule has 6 heteroatoms. The number of hydrogen-bond donors (Lipinski definition) is 0. The van der Waals surface area contributed by atoms with E-state index in [1.54, 1.807) is 0 Å². The van der Waals surface area contributed by atoms with Crippen molar-refractivity contribution in [3.63, 3.8) is 0 Å². The third kappa shape index (κ3) is 3.64. The first-order chi connectivity index (χ1) is 11.2. The summed E-state index contributed by atoms with van der Waals surface area (Å²) in [6, 6.07) is 6.12. The zero-order chi connectivity index (χ0) is 16.2. The minimum absolute atomic E-state index is 0.0568. The Bertz CT molecular complexity index is 656. The Morgan fingerprint density at radius 2 is 2.00 bits per heavy atom. The molecule has 0 radical (unpaired) electrons. The number of rotatable bonds is 6. The van der Waals surface area contributed by atoms with Crippen molar-refractivity contribution >= 4 is 0 Å². The second kappa shape index (κ2) is 7.00.